The van der Waals surface area contributed by atoms with Crippen molar-refractivity contribution in [3.05, 3.63) is 28.8 Å². The van der Waals surface area contributed by atoms with E-state index in [9.17, 15) is 5.11 Å². The van der Waals surface area contributed by atoms with Gasteiger partial charge in [0.05, 0.1) is 0 Å². The van der Waals surface area contributed by atoms with Gasteiger partial charge in [-0.25, -0.2) is 0 Å². The zero-order valence-electron chi connectivity index (χ0n) is 10.9. The first-order valence-corrected chi connectivity index (χ1v) is 4.33. The minimum absolute atomic E-state index is 0. The third kappa shape index (κ3) is 2.87. The van der Waals surface area contributed by atoms with Gasteiger partial charge in [-0.05, 0) is 36.5 Å². The number of rotatable bonds is 1. The van der Waals surface area contributed by atoms with Crippen LogP contribution in [0.4, 0.5) is 0 Å². The van der Waals surface area contributed by atoms with Crippen LogP contribution in [0, 0.1) is 13.8 Å². The van der Waals surface area contributed by atoms with Gasteiger partial charge in [0.2, 0.25) is 0 Å². The molecule has 1 nitrogen and oxygen atoms in total. The first-order chi connectivity index (χ1) is 5.54. The van der Waals surface area contributed by atoms with Crippen LogP contribution in [-0.2, 0) is 0 Å². The van der Waals surface area contributed by atoms with E-state index in [0.717, 1.165) is 16.7 Å². The Labute approximate surface area is 113 Å². The summed E-state index contributed by atoms with van der Waals surface area (Å²) in [5.74, 6) is 0.856. The molecule has 0 atom stereocenters. The minimum Gasteiger partial charge on any atom is -1.00 e. The topological polar surface area (TPSA) is 20.2 Å². The number of aromatic hydroxyl groups is 1. The first kappa shape index (κ1) is 13.3. The number of phenols is 1. The van der Waals surface area contributed by atoms with Gasteiger partial charge in [0.1, 0.15) is 5.75 Å². The van der Waals surface area contributed by atoms with Crippen molar-refractivity contribution in [1.29, 1.82) is 0 Å². The fraction of sp³-hybridized carbons (Fsp3) is 0.455. The van der Waals surface area contributed by atoms with E-state index in [1.165, 1.54) is 0 Å². The zero-order valence-corrected chi connectivity index (χ0v) is 11.1. The van der Waals surface area contributed by atoms with Crippen molar-refractivity contribution in [2.24, 2.45) is 0 Å². The Balaban J connectivity index is -0.000000480. The summed E-state index contributed by atoms with van der Waals surface area (Å²) in [6.07, 6.45) is 0. The molecule has 1 N–H and O–H groups in total. The first-order valence-electron chi connectivity index (χ1n) is 4.33. The molecule has 2 heteroatoms. The Hall–Kier alpha value is 0.280. The second-order valence-corrected chi connectivity index (χ2v) is 3.60. The largest absolute Gasteiger partial charge is 2.00 e. The fourth-order valence-electron chi connectivity index (χ4n) is 1.29. The van der Waals surface area contributed by atoms with Gasteiger partial charge in [0.25, 0.3) is 0 Å². The van der Waals surface area contributed by atoms with Gasteiger partial charge < -0.3 is 7.96 Å². The molecule has 0 amide bonds. The normalized spacial score (nSPS) is 9.92. The van der Waals surface area contributed by atoms with Crippen LogP contribution in [0.25, 0.3) is 0 Å². The van der Waals surface area contributed by atoms with Crippen molar-refractivity contribution in [2.75, 3.05) is 0 Å². The summed E-state index contributed by atoms with van der Waals surface area (Å²) in [6, 6.07) is 4.06. The van der Waals surface area contributed by atoms with Crippen LogP contribution in [0.15, 0.2) is 12.1 Å². The molecule has 0 fully saturated rings. The van der Waals surface area contributed by atoms with Crippen LogP contribution in [0.2, 0.25) is 0 Å². The Kier molecular flexibility index (Phi) is 5.35. The van der Waals surface area contributed by atoms with E-state index >= 15 is 0 Å². The van der Waals surface area contributed by atoms with E-state index in [1.807, 2.05) is 19.9 Å². The van der Waals surface area contributed by atoms with Gasteiger partial charge >= 0.3 is 37.7 Å². The van der Waals surface area contributed by atoms with E-state index in [4.69, 9.17) is 0 Å². The average Bonchev–Trinajstić information content (AvgIpc) is 2.00. The predicted octanol–water partition coefficient (Wildman–Crippen LogP) is 2.98. The zero-order chi connectivity index (χ0) is 9.30. The van der Waals surface area contributed by atoms with Crippen molar-refractivity contribution < 1.29 is 7.96 Å². The SMILES string of the molecule is Cc1ccc(C(C)C)c(O)c1C.[Ca+2].[H-].[H-]. The number of benzene rings is 1. The van der Waals surface area contributed by atoms with Crippen molar-refractivity contribution in [3.8, 4) is 5.75 Å². The summed E-state index contributed by atoms with van der Waals surface area (Å²) in [5, 5.41) is 9.75. The van der Waals surface area contributed by atoms with Crippen LogP contribution in [-0.4, -0.2) is 42.8 Å². The molecule has 70 valence electrons. The summed E-state index contributed by atoms with van der Waals surface area (Å²) in [6.45, 7) is 8.14. The minimum atomic E-state index is 0. The molecule has 0 spiro atoms. The standard InChI is InChI=1S/C11H16O.Ca.2H/c1-7(2)10-6-5-8(3)9(4)11(10)12;;;/h5-7,12H,1-4H3;;;/q;+2;2*-1. The second kappa shape index (κ2) is 5.23. The van der Waals surface area contributed by atoms with Crippen LogP contribution < -0.4 is 0 Å². The van der Waals surface area contributed by atoms with Crippen molar-refractivity contribution in [2.45, 2.75) is 33.6 Å². The maximum absolute atomic E-state index is 9.75. The van der Waals surface area contributed by atoms with Crippen LogP contribution >= 0.6 is 0 Å². The molecular weight excluding hydrogens is 188 g/mol. The van der Waals surface area contributed by atoms with Crippen molar-refractivity contribution in [1.82, 2.24) is 0 Å². The van der Waals surface area contributed by atoms with Gasteiger partial charge in [0.15, 0.2) is 0 Å². The van der Waals surface area contributed by atoms with Crippen molar-refractivity contribution in [3.63, 3.8) is 0 Å². The van der Waals surface area contributed by atoms with Gasteiger partial charge in [-0.3, -0.25) is 0 Å². The summed E-state index contributed by atoms with van der Waals surface area (Å²) in [5.41, 5.74) is 3.19. The molecule has 13 heavy (non-hydrogen) atoms. The molecule has 0 aliphatic carbocycles. The number of hydrogen-bond donors (Lipinski definition) is 1. The molecule has 0 unspecified atom stereocenters. The molecule has 1 aromatic rings. The van der Waals surface area contributed by atoms with E-state index < -0.39 is 0 Å². The molecular formula is C11H18CaO. The number of hydrogen-bond acceptors (Lipinski definition) is 1. The van der Waals surface area contributed by atoms with Crippen LogP contribution in [0.3, 0.4) is 0 Å². The molecule has 0 bridgehead atoms. The summed E-state index contributed by atoms with van der Waals surface area (Å²) >= 11 is 0. The molecule has 0 heterocycles. The summed E-state index contributed by atoms with van der Waals surface area (Å²) in [4.78, 5) is 0. The molecule has 1 aromatic carbocycles. The monoisotopic (exact) mass is 206 g/mol. The summed E-state index contributed by atoms with van der Waals surface area (Å²) in [7, 11) is 0. The summed E-state index contributed by atoms with van der Waals surface area (Å²) < 4.78 is 0. The Morgan fingerprint density at radius 3 is 2.23 bits per heavy atom. The van der Waals surface area contributed by atoms with Gasteiger partial charge in [0, 0.05) is 0 Å². The van der Waals surface area contributed by atoms with E-state index in [1.54, 1.807) is 0 Å². The predicted molar refractivity (Wildman–Crippen MR) is 59.6 cm³/mol. The quantitative estimate of drug-likeness (QED) is 0.700. The van der Waals surface area contributed by atoms with Gasteiger partial charge in [-0.15, -0.1) is 0 Å². The molecule has 0 aromatic heterocycles. The van der Waals surface area contributed by atoms with Crippen molar-refractivity contribution >= 4 is 37.7 Å². The second-order valence-electron chi connectivity index (χ2n) is 3.60. The molecule has 0 saturated heterocycles. The third-order valence-electron chi connectivity index (χ3n) is 2.36. The van der Waals surface area contributed by atoms with E-state index in [2.05, 4.69) is 19.9 Å². The maximum Gasteiger partial charge on any atom is 2.00 e. The fourth-order valence-corrected chi connectivity index (χ4v) is 1.29. The van der Waals surface area contributed by atoms with E-state index in [0.29, 0.717) is 11.7 Å². The number of aryl methyl sites for hydroxylation is 1. The van der Waals surface area contributed by atoms with Gasteiger partial charge in [-0.1, -0.05) is 26.0 Å². The Bertz CT molecular complexity index is 301. The Morgan fingerprint density at radius 2 is 1.77 bits per heavy atom. The maximum atomic E-state index is 9.75. The van der Waals surface area contributed by atoms with Gasteiger partial charge in [-0.2, -0.15) is 0 Å². The molecule has 0 saturated carbocycles. The molecule has 0 aliphatic heterocycles. The Morgan fingerprint density at radius 1 is 1.23 bits per heavy atom. The molecule has 0 aliphatic rings. The van der Waals surface area contributed by atoms with Crippen LogP contribution in [0.1, 0.15) is 39.3 Å². The smallest absolute Gasteiger partial charge is 1.00 e. The molecule has 1 rings (SSSR count). The average molecular weight is 206 g/mol. The third-order valence-corrected chi connectivity index (χ3v) is 2.36. The van der Waals surface area contributed by atoms with Crippen LogP contribution in [0.5, 0.6) is 5.75 Å². The molecule has 0 radical (unpaired) electrons. The number of phenolic OH excluding ortho intramolecular Hbond substituents is 1. The van der Waals surface area contributed by atoms with E-state index in [-0.39, 0.29) is 40.6 Å².